The Morgan fingerprint density at radius 2 is 2.19 bits per heavy atom. The Morgan fingerprint density at radius 3 is 2.88 bits per heavy atom. The van der Waals surface area contributed by atoms with Crippen molar-refractivity contribution >= 4 is 0 Å². The minimum absolute atomic E-state index is 0.288. The molecule has 0 radical (unpaired) electrons. The quantitative estimate of drug-likeness (QED) is 0.814. The molecule has 0 aromatic carbocycles. The zero-order valence-electron chi connectivity index (χ0n) is 8.83. The van der Waals surface area contributed by atoms with Gasteiger partial charge in [0, 0.05) is 19.5 Å². The molecule has 0 fully saturated rings. The van der Waals surface area contributed by atoms with E-state index in [1.165, 1.54) is 0 Å². The number of rotatable bonds is 4. The number of pyridine rings is 1. The highest BCUT2D eigenvalue weighted by Gasteiger charge is 2.15. The summed E-state index contributed by atoms with van der Waals surface area (Å²) < 4.78 is 9.85. The first-order valence-corrected chi connectivity index (χ1v) is 4.78. The zero-order chi connectivity index (χ0) is 11.4. The van der Waals surface area contributed by atoms with Crippen LogP contribution in [0.15, 0.2) is 29.0 Å². The van der Waals surface area contributed by atoms with Gasteiger partial charge < -0.3 is 15.0 Å². The van der Waals surface area contributed by atoms with E-state index in [9.17, 15) is 0 Å². The van der Waals surface area contributed by atoms with Gasteiger partial charge in [0.2, 0.25) is 0 Å². The first-order valence-electron chi connectivity index (χ1n) is 4.78. The van der Waals surface area contributed by atoms with Gasteiger partial charge in [0.05, 0.1) is 6.04 Å². The molecule has 2 rings (SSSR count). The van der Waals surface area contributed by atoms with Crippen LogP contribution in [0.2, 0.25) is 0 Å². The van der Waals surface area contributed by atoms with Gasteiger partial charge in [-0.25, -0.2) is 0 Å². The summed E-state index contributed by atoms with van der Waals surface area (Å²) in [4.78, 5) is 8.04. The van der Waals surface area contributed by atoms with Crippen LogP contribution in [0.1, 0.15) is 23.3 Å². The van der Waals surface area contributed by atoms with Crippen LogP contribution in [0.5, 0.6) is 0 Å². The van der Waals surface area contributed by atoms with Crippen LogP contribution in [0, 0.1) is 0 Å². The minimum Gasteiger partial charge on any atom is -0.375 e. The smallest absolute Gasteiger partial charge is 0.252 e. The highest BCUT2D eigenvalue weighted by atomic mass is 16.5. The SMILES string of the molecule is COCc1nc([C@H](N)c2ccncc2)no1. The standard InChI is InChI=1S/C10H12N4O2/c1-15-6-8-13-10(14-16-8)9(11)7-2-4-12-5-3-7/h2-5,9H,6,11H2,1H3/t9-/m1/s1. The number of aromatic nitrogens is 3. The van der Waals surface area contributed by atoms with Crippen LogP contribution in [0.25, 0.3) is 0 Å². The summed E-state index contributed by atoms with van der Waals surface area (Å²) in [5.41, 5.74) is 6.86. The monoisotopic (exact) mass is 220 g/mol. The number of hydrogen-bond donors (Lipinski definition) is 1. The molecule has 0 saturated heterocycles. The van der Waals surface area contributed by atoms with E-state index in [1.807, 2.05) is 12.1 Å². The van der Waals surface area contributed by atoms with Crippen LogP contribution in [0.3, 0.4) is 0 Å². The van der Waals surface area contributed by atoms with Crippen molar-refractivity contribution in [1.82, 2.24) is 15.1 Å². The summed E-state index contributed by atoms with van der Waals surface area (Å²) in [5.74, 6) is 0.861. The summed E-state index contributed by atoms with van der Waals surface area (Å²) in [6.07, 6.45) is 3.34. The van der Waals surface area contributed by atoms with Gasteiger partial charge in [0.25, 0.3) is 5.89 Å². The van der Waals surface area contributed by atoms with Crippen LogP contribution >= 0.6 is 0 Å². The third kappa shape index (κ3) is 2.23. The Hall–Kier alpha value is -1.79. The summed E-state index contributed by atoms with van der Waals surface area (Å²) in [6, 6.07) is 3.23. The van der Waals surface area contributed by atoms with E-state index >= 15 is 0 Å². The molecule has 0 amide bonds. The Labute approximate surface area is 92.4 Å². The van der Waals surface area contributed by atoms with E-state index in [0.29, 0.717) is 11.7 Å². The minimum atomic E-state index is -0.405. The van der Waals surface area contributed by atoms with E-state index in [-0.39, 0.29) is 6.61 Å². The lowest BCUT2D eigenvalue weighted by molar-refractivity contribution is 0.151. The molecule has 6 heteroatoms. The molecule has 16 heavy (non-hydrogen) atoms. The van der Waals surface area contributed by atoms with Crippen LogP contribution in [0.4, 0.5) is 0 Å². The Kier molecular flexibility index (Phi) is 3.23. The molecule has 0 unspecified atom stereocenters. The summed E-state index contributed by atoms with van der Waals surface area (Å²) in [5, 5.41) is 3.80. The Balaban J connectivity index is 2.17. The van der Waals surface area contributed by atoms with Crippen molar-refractivity contribution < 1.29 is 9.26 Å². The van der Waals surface area contributed by atoms with Gasteiger partial charge in [0.15, 0.2) is 5.82 Å². The van der Waals surface area contributed by atoms with Gasteiger partial charge in [0.1, 0.15) is 6.61 Å². The fraction of sp³-hybridized carbons (Fsp3) is 0.300. The molecule has 0 saturated carbocycles. The third-order valence-electron chi connectivity index (χ3n) is 2.10. The van der Waals surface area contributed by atoms with Crippen molar-refractivity contribution in [3.05, 3.63) is 41.8 Å². The van der Waals surface area contributed by atoms with E-state index in [0.717, 1.165) is 5.56 Å². The topological polar surface area (TPSA) is 87.1 Å². The first-order chi connectivity index (χ1) is 7.81. The molecule has 0 bridgehead atoms. The Bertz CT molecular complexity index is 443. The number of hydrogen-bond acceptors (Lipinski definition) is 6. The van der Waals surface area contributed by atoms with Crippen molar-refractivity contribution in [2.75, 3.05) is 7.11 Å². The molecule has 0 aliphatic carbocycles. The number of nitrogens with two attached hydrogens (primary N) is 1. The average Bonchev–Trinajstić information content (AvgIpc) is 2.78. The molecular weight excluding hydrogens is 208 g/mol. The summed E-state index contributed by atoms with van der Waals surface area (Å²) in [7, 11) is 1.56. The van der Waals surface area contributed by atoms with E-state index < -0.39 is 6.04 Å². The van der Waals surface area contributed by atoms with Crippen molar-refractivity contribution in [3.63, 3.8) is 0 Å². The van der Waals surface area contributed by atoms with E-state index in [4.69, 9.17) is 15.0 Å². The molecule has 2 heterocycles. The Morgan fingerprint density at radius 1 is 1.44 bits per heavy atom. The molecule has 6 nitrogen and oxygen atoms in total. The number of nitrogens with zero attached hydrogens (tertiary/aromatic N) is 3. The number of ether oxygens (including phenoxy) is 1. The predicted octanol–water partition coefficient (Wildman–Crippen LogP) is 0.659. The molecule has 0 spiro atoms. The predicted molar refractivity (Wildman–Crippen MR) is 55.3 cm³/mol. The van der Waals surface area contributed by atoms with Crippen LogP contribution in [-0.4, -0.2) is 22.2 Å². The highest BCUT2D eigenvalue weighted by Crippen LogP contribution is 2.15. The average molecular weight is 220 g/mol. The molecule has 1 atom stereocenters. The maximum atomic E-state index is 5.97. The van der Waals surface area contributed by atoms with Crippen LogP contribution in [-0.2, 0) is 11.3 Å². The van der Waals surface area contributed by atoms with Gasteiger partial charge in [-0.05, 0) is 17.7 Å². The summed E-state index contributed by atoms with van der Waals surface area (Å²) in [6.45, 7) is 0.288. The van der Waals surface area contributed by atoms with Gasteiger partial charge in [-0.2, -0.15) is 4.98 Å². The second kappa shape index (κ2) is 4.82. The largest absolute Gasteiger partial charge is 0.375 e. The molecule has 2 N–H and O–H groups in total. The lowest BCUT2D eigenvalue weighted by Crippen LogP contribution is -2.13. The lowest BCUT2D eigenvalue weighted by atomic mass is 10.1. The van der Waals surface area contributed by atoms with Crippen LogP contribution < -0.4 is 5.73 Å². The molecule has 2 aromatic heterocycles. The first kappa shape index (κ1) is 10.7. The molecule has 0 aliphatic heterocycles. The van der Waals surface area contributed by atoms with Crippen molar-refractivity contribution in [1.29, 1.82) is 0 Å². The molecule has 2 aromatic rings. The second-order valence-electron chi connectivity index (χ2n) is 3.24. The van der Waals surface area contributed by atoms with E-state index in [2.05, 4.69) is 15.1 Å². The maximum absolute atomic E-state index is 5.97. The highest BCUT2D eigenvalue weighted by molar-refractivity contribution is 5.20. The van der Waals surface area contributed by atoms with E-state index in [1.54, 1.807) is 19.5 Å². The van der Waals surface area contributed by atoms with Gasteiger partial charge >= 0.3 is 0 Å². The molecule has 84 valence electrons. The lowest BCUT2D eigenvalue weighted by Gasteiger charge is -2.05. The van der Waals surface area contributed by atoms with Gasteiger partial charge in [-0.3, -0.25) is 4.98 Å². The molecule has 0 aliphatic rings. The zero-order valence-corrected chi connectivity index (χ0v) is 8.83. The van der Waals surface area contributed by atoms with Crippen molar-refractivity contribution in [2.45, 2.75) is 12.6 Å². The normalized spacial score (nSPS) is 12.6. The van der Waals surface area contributed by atoms with Crippen molar-refractivity contribution in [3.8, 4) is 0 Å². The third-order valence-corrected chi connectivity index (χ3v) is 2.10. The van der Waals surface area contributed by atoms with Crippen molar-refractivity contribution in [2.24, 2.45) is 5.73 Å². The fourth-order valence-corrected chi connectivity index (χ4v) is 1.30. The molecular formula is C10H12N4O2. The fourth-order valence-electron chi connectivity index (χ4n) is 1.30. The maximum Gasteiger partial charge on any atom is 0.252 e. The van der Waals surface area contributed by atoms with Gasteiger partial charge in [-0.15, -0.1) is 0 Å². The second-order valence-corrected chi connectivity index (χ2v) is 3.24. The number of methoxy groups -OCH3 is 1. The van der Waals surface area contributed by atoms with Gasteiger partial charge in [-0.1, -0.05) is 5.16 Å². The summed E-state index contributed by atoms with van der Waals surface area (Å²) >= 11 is 0.